The summed E-state index contributed by atoms with van der Waals surface area (Å²) >= 11 is 0. The molecule has 0 saturated carbocycles. The molecule has 0 fully saturated rings. The third-order valence-corrected chi connectivity index (χ3v) is 7.05. The number of aliphatic hydroxyl groups excluding tert-OH is 1. The minimum atomic E-state index is -0.00432. The van der Waals surface area contributed by atoms with E-state index in [1.807, 2.05) is 0 Å². The van der Waals surface area contributed by atoms with E-state index < -0.39 is 0 Å². The smallest absolute Gasteiger partial charge is 0.235 e. The number of fused-ring (bicyclic) bond motifs is 2. The van der Waals surface area contributed by atoms with E-state index in [4.69, 9.17) is 0 Å². The molecule has 168 valence electrons. The second-order valence-corrected chi connectivity index (χ2v) is 10.2. The van der Waals surface area contributed by atoms with Crippen molar-refractivity contribution in [1.29, 1.82) is 0 Å². The molecule has 1 aliphatic rings. The molecule has 0 saturated heterocycles. The molecule has 5 rings (SSSR count). The lowest BCUT2D eigenvalue weighted by molar-refractivity contribution is -0.548. The standard InChI is InChI=1S/C30H33N2O/c1-30(2,3)28(20-33)31-18-19-32(21-31)29(26-16-8-12-22-10-4-6-14-24(22)26)27-17-9-13-23-11-5-7-15-25(23)27/h4-17,21,28-29,33H,18-20H2,1-3H3/q+1/t28-/m1/s1. The summed E-state index contributed by atoms with van der Waals surface area (Å²) in [6, 6.07) is 30.8. The molecule has 0 amide bonds. The molecule has 1 N–H and O–H groups in total. The van der Waals surface area contributed by atoms with Crippen molar-refractivity contribution in [3.05, 3.63) is 96.1 Å². The van der Waals surface area contributed by atoms with Crippen LogP contribution in [0, 0.1) is 5.41 Å². The highest BCUT2D eigenvalue weighted by Crippen LogP contribution is 2.36. The zero-order valence-electron chi connectivity index (χ0n) is 19.8. The molecule has 3 nitrogen and oxygen atoms in total. The molecule has 33 heavy (non-hydrogen) atoms. The lowest BCUT2D eigenvalue weighted by Crippen LogP contribution is -2.45. The maximum atomic E-state index is 10.2. The summed E-state index contributed by atoms with van der Waals surface area (Å²) in [6.45, 7) is 8.60. The van der Waals surface area contributed by atoms with Gasteiger partial charge in [-0.3, -0.25) is 9.48 Å². The van der Waals surface area contributed by atoms with Crippen LogP contribution in [0.5, 0.6) is 0 Å². The van der Waals surface area contributed by atoms with Crippen LogP contribution in [0.2, 0.25) is 0 Å². The van der Waals surface area contributed by atoms with Crippen molar-refractivity contribution in [2.45, 2.75) is 32.9 Å². The third-order valence-electron chi connectivity index (χ3n) is 7.05. The van der Waals surface area contributed by atoms with Gasteiger partial charge in [0.05, 0.1) is 6.61 Å². The first kappa shape index (κ1) is 21.7. The summed E-state index contributed by atoms with van der Waals surface area (Å²) in [7, 11) is 0. The molecule has 0 aromatic heterocycles. The van der Waals surface area contributed by atoms with Gasteiger partial charge in [-0.2, -0.15) is 0 Å². The summed E-state index contributed by atoms with van der Waals surface area (Å²) in [5.74, 6) is 0. The van der Waals surface area contributed by atoms with Gasteiger partial charge < -0.3 is 5.11 Å². The molecule has 4 aromatic rings. The van der Waals surface area contributed by atoms with E-state index in [1.54, 1.807) is 0 Å². The van der Waals surface area contributed by atoms with E-state index in [1.165, 1.54) is 32.7 Å². The Morgan fingerprint density at radius 2 is 1.30 bits per heavy atom. The van der Waals surface area contributed by atoms with Gasteiger partial charge in [-0.05, 0) is 21.5 Å². The Morgan fingerprint density at radius 1 is 0.788 bits per heavy atom. The number of hydrogen-bond donors (Lipinski definition) is 1. The highest BCUT2D eigenvalue weighted by atomic mass is 16.3. The predicted octanol–water partition coefficient (Wildman–Crippen LogP) is 5.85. The van der Waals surface area contributed by atoms with Gasteiger partial charge in [0.2, 0.25) is 6.34 Å². The fraction of sp³-hybridized carbons (Fsp3) is 0.300. The van der Waals surface area contributed by atoms with E-state index in [9.17, 15) is 5.11 Å². The molecule has 4 aromatic carbocycles. The second-order valence-electron chi connectivity index (χ2n) is 10.2. The predicted molar refractivity (Wildman–Crippen MR) is 138 cm³/mol. The fourth-order valence-electron chi connectivity index (χ4n) is 5.35. The molecule has 1 aliphatic heterocycles. The number of nitrogens with zero attached hydrogens (tertiary/aromatic N) is 2. The van der Waals surface area contributed by atoms with Crippen LogP contribution in [-0.2, 0) is 0 Å². The van der Waals surface area contributed by atoms with E-state index in [-0.39, 0.29) is 24.1 Å². The van der Waals surface area contributed by atoms with Crippen molar-refractivity contribution < 1.29 is 9.68 Å². The van der Waals surface area contributed by atoms with Crippen molar-refractivity contribution >= 4 is 27.9 Å². The zero-order chi connectivity index (χ0) is 23.0. The second kappa shape index (κ2) is 8.64. The van der Waals surface area contributed by atoms with Gasteiger partial charge in [-0.15, -0.1) is 0 Å². The van der Waals surface area contributed by atoms with Crippen molar-refractivity contribution in [1.82, 2.24) is 4.90 Å². The van der Waals surface area contributed by atoms with Crippen molar-refractivity contribution in [2.24, 2.45) is 5.41 Å². The quantitative estimate of drug-likeness (QED) is 0.397. The maximum absolute atomic E-state index is 10.2. The number of aliphatic hydroxyl groups is 1. The fourth-order valence-corrected chi connectivity index (χ4v) is 5.35. The van der Waals surface area contributed by atoms with E-state index in [0.29, 0.717) is 0 Å². The average Bonchev–Trinajstić information content (AvgIpc) is 3.28. The van der Waals surface area contributed by atoms with Gasteiger partial charge in [-0.1, -0.05) is 106 Å². The third kappa shape index (κ3) is 4.02. The Labute approximate surface area is 196 Å². The van der Waals surface area contributed by atoms with Crippen molar-refractivity contribution in [2.75, 3.05) is 19.7 Å². The highest BCUT2D eigenvalue weighted by molar-refractivity contribution is 5.89. The van der Waals surface area contributed by atoms with Crippen LogP contribution < -0.4 is 0 Å². The van der Waals surface area contributed by atoms with Gasteiger partial charge in [-0.25, -0.2) is 0 Å². The van der Waals surface area contributed by atoms with Crippen LogP contribution in [-0.4, -0.2) is 46.7 Å². The molecular formula is C30H33N2O+. The van der Waals surface area contributed by atoms with Crippen LogP contribution in [0.4, 0.5) is 0 Å². The molecule has 0 unspecified atom stereocenters. The Bertz CT molecular complexity index is 1230. The Balaban J connectivity index is 1.71. The minimum Gasteiger partial charge on any atom is -0.392 e. The van der Waals surface area contributed by atoms with Crippen molar-refractivity contribution in [3.63, 3.8) is 0 Å². The summed E-state index contributed by atoms with van der Waals surface area (Å²) in [5, 5.41) is 15.3. The topological polar surface area (TPSA) is 26.5 Å². The van der Waals surface area contributed by atoms with Gasteiger partial charge in [0.25, 0.3) is 0 Å². The van der Waals surface area contributed by atoms with E-state index >= 15 is 0 Å². The molecule has 0 radical (unpaired) electrons. The normalized spacial score (nSPS) is 15.4. The van der Waals surface area contributed by atoms with Crippen LogP contribution >= 0.6 is 0 Å². The van der Waals surface area contributed by atoms with Gasteiger partial charge in [0.1, 0.15) is 25.2 Å². The maximum Gasteiger partial charge on any atom is 0.235 e. The molecular weight excluding hydrogens is 404 g/mol. The summed E-state index contributed by atoms with van der Waals surface area (Å²) < 4.78 is 2.47. The molecule has 3 heteroatoms. The van der Waals surface area contributed by atoms with Gasteiger partial charge in [0.15, 0.2) is 0 Å². The monoisotopic (exact) mass is 437 g/mol. The van der Waals surface area contributed by atoms with E-state index in [2.05, 4.69) is 122 Å². The Kier molecular flexibility index (Phi) is 5.67. The number of hydrogen-bond acceptors (Lipinski definition) is 2. The molecule has 0 bridgehead atoms. The van der Waals surface area contributed by atoms with Crippen LogP contribution in [0.25, 0.3) is 21.5 Å². The zero-order valence-corrected chi connectivity index (χ0v) is 19.8. The minimum absolute atomic E-state index is 0.00432. The summed E-state index contributed by atoms with van der Waals surface area (Å²) in [4.78, 5) is 2.34. The molecule has 1 atom stereocenters. The van der Waals surface area contributed by atoms with Crippen molar-refractivity contribution in [3.8, 4) is 0 Å². The lowest BCUT2D eigenvalue weighted by Gasteiger charge is -2.31. The van der Waals surface area contributed by atoms with Gasteiger partial charge in [0, 0.05) is 16.5 Å². The molecule has 1 heterocycles. The lowest BCUT2D eigenvalue weighted by atomic mass is 9.86. The SMILES string of the molecule is CC(C)(C)[C@@H](CO)N1C=[N+](C(c2cccc3ccccc23)c2cccc3ccccc23)CC1. The largest absolute Gasteiger partial charge is 0.392 e. The summed E-state index contributed by atoms with van der Waals surface area (Å²) in [6.07, 6.45) is 2.26. The first-order valence-electron chi connectivity index (χ1n) is 11.9. The van der Waals surface area contributed by atoms with Crippen LogP contribution in [0.1, 0.15) is 37.9 Å². The van der Waals surface area contributed by atoms with E-state index in [0.717, 1.165) is 13.1 Å². The highest BCUT2D eigenvalue weighted by Gasteiger charge is 2.38. The first-order valence-corrected chi connectivity index (χ1v) is 11.9. The Hall–Kier alpha value is -3.17. The first-order chi connectivity index (χ1) is 16.0. The molecule has 0 spiro atoms. The molecule has 0 aliphatic carbocycles. The van der Waals surface area contributed by atoms with Gasteiger partial charge >= 0.3 is 0 Å². The average molecular weight is 438 g/mol. The van der Waals surface area contributed by atoms with Crippen LogP contribution in [0.15, 0.2) is 84.9 Å². The number of benzene rings is 4. The summed E-state index contributed by atoms with van der Waals surface area (Å²) in [5.41, 5.74) is 2.63. The number of rotatable bonds is 5. The Morgan fingerprint density at radius 3 is 1.82 bits per heavy atom. The van der Waals surface area contributed by atoms with Crippen LogP contribution in [0.3, 0.4) is 0 Å².